The Morgan fingerprint density at radius 2 is 2.26 bits per heavy atom. The second-order valence-corrected chi connectivity index (χ2v) is 6.60. The molecule has 1 unspecified atom stereocenters. The number of benzene rings is 1. The number of hydrogen-bond acceptors (Lipinski definition) is 4. The van der Waals surface area contributed by atoms with Gasteiger partial charge in [0.1, 0.15) is 4.90 Å². The zero-order valence-electron chi connectivity index (χ0n) is 10.4. The van der Waals surface area contributed by atoms with Crippen LogP contribution < -0.4 is 10.5 Å². The van der Waals surface area contributed by atoms with Crippen LogP contribution in [0.25, 0.3) is 0 Å². The van der Waals surface area contributed by atoms with Gasteiger partial charge in [0.15, 0.2) is 0 Å². The molecule has 1 atom stereocenters. The fraction of sp³-hybridized carbons (Fsp3) is 0.500. The van der Waals surface area contributed by atoms with Crippen molar-refractivity contribution in [3.8, 4) is 0 Å². The van der Waals surface area contributed by atoms with Crippen molar-refractivity contribution >= 4 is 21.6 Å². The summed E-state index contributed by atoms with van der Waals surface area (Å²) in [5.41, 5.74) is 6.27. The van der Waals surface area contributed by atoms with Crippen LogP contribution in [0.4, 0.5) is 0 Å². The second-order valence-electron chi connectivity index (χ2n) is 4.46. The highest BCUT2D eigenvalue weighted by Crippen LogP contribution is 2.22. The molecule has 0 radical (unpaired) electrons. The summed E-state index contributed by atoms with van der Waals surface area (Å²) in [4.78, 5) is 0.0735. The maximum Gasteiger partial charge on any atom is 0.242 e. The van der Waals surface area contributed by atoms with Crippen LogP contribution in [0, 0.1) is 0 Å². The topological polar surface area (TPSA) is 81.4 Å². The van der Waals surface area contributed by atoms with Gasteiger partial charge in [-0.3, -0.25) is 0 Å². The highest BCUT2D eigenvalue weighted by molar-refractivity contribution is 7.89. The van der Waals surface area contributed by atoms with Gasteiger partial charge < -0.3 is 10.5 Å². The van der Waals surface area contributed by atoms with E-state index in [1.807, 2.05) is 0 Å². The molecule has 1 heterocycles. The maximum atomic E-state index is 12.1. The Morgan fingerprint density at radius 1 is 1.47 bits per heavy atom. The van der Waals surface area contributed by atoms with Crippen molar-refractivity contribution in [1.82, 2.24) is 4.72 Å². The molecule has 0 spiro atoms. The molecule has 106 valence electrons. The van der Waals surface area contributed by atoms with E-state index in [4.69, 9.17) is 22.1 Å². The van der Waals surface area contributed by atoms with E-state index in [0.29, 0.717) is 13.2 Å². The lowest BCUT2D eigenvalue weighted by Crippen LogP contribution is -2.32. The zero-order chi connectivity index (χ0) is 13.9. The molecule has 0 aliphatic carbocycles. The summed E-state index contributed by atoms with van der Waals surface area (Å²) in [6.45, 7) is 1.29. The van der Waals surface area contributed by atoms with Crippen molar-refractivity contribution in [1.29, 1.82) is 0 Å². The molecule has 0 saturated carbocycles. The number of ether oxygens (including phenoxy) is 1. The molecule has 1 aromatic carbocycles. The fourth-order valence-corrected chi connectivity index (χ4v) is 3.61. The molecule has 1 aliphatic rings. The third-order valence-corrected chi connectivity index (χ3v) is 4.95. The lowest BCUT2D eigenvalue weighted by molar-refractivity contribution is 0.114. The Bertz CT molecular complexity index is 542. The number of sulfonamides is 1. The van der Waals surface area contributed by atoms with Crippen molar-refractivity contribution < 1.29 is 13.2 Å². The zero-order valence-corrected chi connectivity index (χ0v) is 12.0. The van der Waals surface area contributed by atoms with Gasteiger partial charge in [0, 0.05) is 19.7 Å². The lowest BCUT2D eigenvalue weighted by Gasteiger charge is -2.12. The summed E-state index contributed by atoms with van der Waals surface area (Å²) >= 11 is 5.98. The van der Waals surface area contributed by atoms with Crippen LogP contribution in [-0.2, 0) is 21.3 Å². The quantitative estimate of drug-likeness (QED) is 0.858. The highest BCUT2D eigenvalue weighted by atomic mass is 35.5. The summed E-state index contributed by atoms with van der Waals surface area (Å²) in [7, 11) is -3.61. The van der Waals surface area contributed by atoms with Crippen molar-refractivity contribution in [2.45, 2.75) is 30.4 Å². The van der Waals surface area contributed by atoms with E-state index in [9.17, 15) is 8.42 Å². The monoisotopic (exact) mass is 304 g/mol. The summed E-state index contributed by atoms with van der Waals surface area (Å²) < 4.78 is 32.2. The molecule has 0 bridgehead atoms. The van der Waals surface area contributed by atoms with Gasteiger partial charge >= 0.3 is 0 Å². The third-order valence-electron chi connectivity index (χ3n) is 3.05. The van der Waals surface area contributed by atoms with Gasteiger partial charge in [-0.25, -0.2) is 13.1 Å². The normalized spacial score (nSPS) is 19.8. The van der Waals surface area contributed by atoms with Crippen molar-refractivity contribution in [2.24, 2.45) is 5.73 Å². The first-order valence-corrected chi connectivity index (χ1v) is 7.99. The summed E-state index contributed by atoms with van der Waals surface area (Å²) in [5.74, 6) is 0. The van der Waals surface area contributed by atoms with Gasteiger partial charge in [0.05, 0.1) is 11.1 Å². The van der Waals surface area contributed by atoms with Gasteiger partial charge in [-0.2, -0.15) is 0 Å². The minimum Gasteiger partial charge on any atom is -0.377 e. The molecule has 5 nitrogen and oxygen atoms in total. The van der Waals surface area contributed by atoms with Crippen molar-refractivity contribution in [3.63, 3.8) is 0 Å². The van der Waals surface area contributed by atoms with E-state index in [1.54, 1.807) is 12.1 Å². The van der Waals surface area contributed by atoms with Gasteiger partial charge in [-0.05, 0) is 30.5 Å². The molecule has 0 aromatic heterocycles. The molecule has 19 heavy (non-hydrogen) atoms. The minimum absolute atomic E-state index is 0.0446. The molecular formula is C12H17ClN2O3S. The summed E-state index contributed by atoms with van der Waals surface area (Å²) in [6.07, 6.45) is 1.80. The molecule has 1 saturated heterocycles. The first kappa shape index (κ1) is 14.7. The Labute approximate surface area is 118 Å². The predicted molar refractivity (Wildman–Crippen MR) is 73.5 cm³/mol. The summed E-state index contributed by atoms with van der Waals surface area (Å²) in [5, 5.41) is 0.183. The first-order valence-electron chi connectivity index (χ1n) is 6.12. The number of halogens is 1. The maximum absolute atomic E-state index is 12.1. The van der Waals surface area contributed by atoms with Gasteiger partial charge in [0.25, 0.3) is 0 Å². The van der Waals surface area contributed by atoms with E-state index in [1.165, 1.54) is 6.07 Å². The SMILES string of the molecule is NCc1ccc(S(=O)(=O)NCC2CCCO2)c(Cl)c1. The highest BCUT2D eigenvalue weighted by Gasteiger charge is 2.22. The van der Waals surface area contributed by atoms with Crippen LogP contribution in [0.3, 0.4) is 0 Å². The van der Waals surface area contributed by atoms with E-state index < -0.39 is 10.0 Å². The molecule has 1 aliphatic heterocycles. The Kier molecular flexibility index (Phi) is 4.81. The Morgan fingerprint density at radius 3 is 2.84 bits per heavy atom. The first-order chi connectivity index (χ1) is 9.03. The molecule has 3 N–H and O–H groups in total. The average molecular weight is 305 g/mol. The minimum atomic E-state index is -3.61. The molecule has 7 heteroatoms. The Balaban J connectivity index is 2.10. The standard InChI is InChI=1S/C12H17ClN2O3S/c13-11-6-9(7-14)3-4-12(11)19(16,17)15-8-10-2-1-5-18-10/h3-4,6,10,15H,1-2,5,7-8,14H2. The summed E-state index contributed by atoms with van der Waals surface area (Å²) in [6, 6.07) is 4.71. The van der Waals surface area contributed by atoms with E-state index >= 15 is 0 Å². The molecule has 0 amide bonds. The van der Waals surface area contributed by atoms with Gasteiger partial charge in [-0.15, -0.1) is 0 Å². The molecule has 2 rings (SSSR count). The predicted octanol–water partition coefficient (Wildman–Crippen LogP) is 1.26. The van der Waals surface area contributed by atoms with Crippen LogP contribution in [0.2, 0.25) is 5.02 Å². The van der Waals surface area contributed by atoms with Crippen molar-refractivity contribution in [3.05, 3.63) is 28.8 Å². The van der Waals surface area contributed by atoms with E-state index in [2.05, 4.69) is 4.72 Å². The van der Waals surface area contributed by atoms with Gasteiger partial charge in [0.2, 0.25) is 10.0 Å². The Hall–Kier alpha value is -0.660. The smallest absolute Gasteiger partial charge is 0.242 e. The number of rotatable bonds is 5. The van der Waals surface area contributed by atoms with Crippen LogP contribution in [-0.4, -0.2) is 27.7 Å². The van der Waals surface area contributed by atoms with Crippen LogP contribution in [0.15, 0.2) is 23.1 Å². The van der Waals surface area contributed by atoms with E-state index in [-0.39, 0.29) is 22.6 Å². The number of nitrogens with one attached hydrogen (secondary N) is 1. The third kappa shape index (κ3) is 3.67. The molecule has 1 fully saturated rings. The van der Waals surface area contributed by atoms with E-state index in [0.717, 1.165) is 18.4 Å². The van der Waals surface area contributed by atoms with Crippen molar-refractivity contribution in [2.75, 3.05) is 13.2 Å². The fourth-order valence-electron chi connectivity index (χ4n) is 1.97. The number of hydrogen-bond donors (Lipinski definition) is 2. The van der Waals surface area contributed by atoms with Crippen LogP contribution >= 0.6 is 11.6 Å². The van der Waals surface area contributed by atoms with Crippen LogP contribution in [0.5, 0.6) is 0 Å². The average Bonchev–Trinajstić information content (AvgIpc) is 2.89. The lowest BCUT2D eigenvalue weighted by atomic mass is 10.2. The second kappa shape index (κ2) is 6.19. The molecular weight excluding hydrogens is 288 g/mol. The largest absolute Gasteiger partial charge is 0.377 e. The molecule has 1 aromatic rings. The van der Waals surface area contributed by atoms with Crippen LogP contribution in [0.1, 0.15) is 18.4 Å². The van der Waals surface area contributed by atoms with Gasteiger partial charge in [-0.1, -0.05) is 17.7 Å². The number of nitrogens with two attached hydrogens (primary N) is 1.